The predicted molar refractivity (Wildman–Crippen MR) is 33.9 cm³/mol. The van der Waals surface area contributed by atoms with Gasteiger partial charge >= 0.3 is 6.23 Å². The molecule has 10 heavy (non-hydrogen) atoms. The maximum absolute atomic E-state index is 9.82. The first-order valence-corrected chi connectivity index (χ1v) is 2.87. The summed E-state index contributed by atoms with van der Waals surface area (Å²) in [6, 6.07) is 0. The highest BCUT2D eigenvalue weighted by Gasteiger charge is 2.25. The van der Waals surface area contributed by atoms with Crippen molar-refractivity contribution < 1.29 is 15.1 Å². The van der Waals surface area contributed by atoms with Crippen molar-refractivity contribution in [1.82, 2.24) is 0 Å². The molecule has 0 saturated carbocycles. The third kappa shape index (κ3) is 4.22. The van der Waals surface area contributed by atoms with Crippen molar-refractivity contribution in [3.05, 3.63) is 10.1 Å². The van der Waals surface area contributed by atoms with E-state index in [-0.39, 0.29) is 6.42 Å². The van der Waals surface area contributed by atoms with Gasteiger partial charge in [0.2, 0.25) is 0 Å². The summed E-state index contributed by atoms with van der Waals surface area (Å²) in [5.41, 5.74) is -1.19. The molecule has 0 spiro atoms. The molecule has 1 unspecified atom stereocenters. The minimum Gasteiger partial charge on any atom is -0.390 e. The van der Waals surface area contributed by atoms with Crippen LogP contribution >= 0.6 is 0 Å². The van der Waals surface area contributed by atoms with E-state index in [0.29, 0.717) is 0 Å². The van der Waals surface area contributed by atoms with E-state index in [1.807, 2.05) is 0 Å². The highest BCUT2D eigenvalue weighted by Crippen LogP contribution is 2.10. The van der Waals surface area contributed by atoms with Crippen molar-refractivity contribution in [3.8, 4) is 0 Å². The first-order valence-electron chi connectivity index (χ1n) is 2.87. The van der Waals surface area contributed by atoms with Crippen LogP contribution in [0, 0.1) is 10.1 Å². The number of rotatable bonds is 3. The number of aliphatic hydroxyl groups is 2. The van der Waals surface area contributed by atoms with Crippen LogP contribution in [0.2, 0.25) is 0 Å². The summed E-state index contributed by atoms with van der Waals surface area (Å²) in [5.74, 6) is 0. The van der Waals surface area contributed by atoms with Gasteiger partial charge in [-0.1, -0.05) is 0 Å². The minimum absolute atomic E-state index is 0.250. The van der Waals surface area contributed by atoms with Crippen molar-refractivity contribution in [1.29, 1.82) is 0 Å². The number of nitrogens with zero attached hydrogens (tertiary/aromatic N) is 1. The highest BCUT2D eigenvalue weighted by molar-refractivity contribution is 4.65. The number of hydrogen-bond donors (Lipinski definition) is 2. The van der Waals surface area contributed by atoms with E-state index in [2.05, 4.69) is 0 Å². The molecule has 0 amide bonds. The van der Waals surface area contributed by atoms with E-state index in [0.717, 1.165) is 0 Å². The SMILES string of the molecule is CC(C)(O)CC(O)[N+](=O)[O-]. The van der Waals surface area contributed by atoms with Gasteiger partial charge in [0.15, 0.2) is 0 Å². The first-order chi connectivity index (χ1) is 4.33. The van der Waals surface area contributed by atoms with Gasteiger partial charge in [-0.2, -0.15) is 0 Å². The zero-order valence-electron chi connectivity index (χ0n) is 5.94. The van der Waals surface area contributed by atoms with Crippen molar-refractivity contribution >= 4 is 0 Å². The lowest BCUT2D eigenvalue weighted by atomic mass is 10.1. The van der Waals surface area contributed by atoms with Gasteiger partial charge < -0.3 is 10.2 Å². The molecule has 0 aliphatic rings. The molecule has 0 aliphatic heterocycles. The van der Waals surface area contributed by atoms with Crippen LogP contribution < -0.4 is 0 Å². The Hall–Kier alpha value is -0.680. The average molecular weight is 149 g/mol. The molecular weight excluding hydrogens is 138 g/mol. The van der Waals surface area contributed by atoms with Gasteiger partial charge in [0.25, 0.3) is 0 Å². The number of hydrogen-bond acceptors (Lipinski definition) is 4. The summed E-state index contributed by atoms with van der Waals surface area (Å²) in [6.07, 6.45) is -1.92. The van der Waals surface area contributed by atoms with E-state index < -0.39 is 16.8 Å². The van der Waals surface area contributed by atoms with Crippen LogP contribution in [0.1, 0.15) is 20.3 Å². The molecule has 2 N–H and O–H groups in total. The zero-order chi connectivity index (χ0) is 8.36. The Balaban J connectivity index is 3.80. The van der Waals surface area contributed by atoms with E-state index in [1.165, 1.54) is 13.8 Å². The van der Waals surface area contributed by atoms with Gasteiger partial charge in [-0.15, -0.1) is 0 Å². The Morgan fingerprint density at radius 1 is 1.70 bits per heavy atom. The van der Waals surface area contributed by atoms with E-state index >= 15 is 0 Å². The van der Waals surface area contributed by atoms with Crippen LogP contribution in [0.3, 0.4) is 0 Å². The molecule has 5 nitrogen and oxygen atoms in total. The summed E-state index contributed by atoms with van der Waals surface area (Å²) < 4.78 is 0. The quantitative estimate of drug-likeness (QED) is 0.329. The molecule has 0 rings (SSSR count). The maximum Gasteiger partial charge on any atom is 0.315 e. The fourth-order valence-corrected chi connectivity index (χ4v) is 0.521. The Labute approximate surface area is 58.4 Å². The molecule has 1 atom stereocenters. The second-order valence-corrected chi connectivity index (χ2v) is 2.78. The lowest BCUT2D eigenvalue weighted by Crippen LogP contribution is -2.30. The lowest BCUT2D eigenvalue weighted by Gasteiger charge is -2.15. The predicted octanol–water partition coefficient (Wildman–Crippen LogP) is -0.258. The van der Waals surface area contributed by atoms with Crippen molar-refractivity contribution in [2.75, 3.05) is 0 Å². The van der Waals surface area contributed by atoms with Crippen molar-refractivity contribution in [2.45, 2.75) is 32.1 Å². The first kappa shape index (κ1) is 9.32. The molecular formula is C5H11NO4. The Kier molecular flexibility index (Phi) is 2.74. The Morgan fingerprint density at radius 2 is 2.10 bits per heavy atom. The van der Waals surface area contributed by atoms with Crippen LogP contribution in [0.15, 0.2) is 0 Å². The number of aliphatic hydroxyl groups excluding tert-OH is 1. The molecule has 5 heteroatoms. The Bertz CT molecular complexity index is 128. The minimum atomic E-state index is -1.67. The van der Waals surface area contributed by atoms with Gasteiger partial charge in [0.1, 0.15) is 0 Å². The molecule has 0 aromatic rings. The normalized spacial score (nSPS) is 14.8. The van der Waals surface area contributed by atoms with Gasteiger partial charge in [-0.25, -0.2) is 0 Å². The molecule has 0 saturated heterocycles. The van der Waals surface area contributed by atoms with E-state index in [1.54, 1.807) is 0 Å². The molecule has 0 radical (unpaired) electrons. The lowest BCUT2D eigenvalue weighted by molar-refractivity contribution is -0.574. The largest absolute Gasteiger partial charge is 0.390 e. The van der Waals surface area contributed by atoms with Gasteiger partial charge in [-0.3, -0.25) is 10.1 Å². The van der Waals surface area contributed by atoms with Gasteiger partial charge in [0.05, 0.1) is 16.9 Å². The van der Waals surface area contributed by atoms with E-state index in [9.17, 15) is 10.1 Å². The summed E-state index contributed by atoms with van der Waals surface area (Å²) in [7, 11) is 0. The molecule has 0 bridgehead atoms. The molecule has 0 aromatic carbocycles. The second kappa shape index (κ2) is 2.94. The summed E-state index contributed by atoms with van der Waals surface area (Å²) in [6.45, 7) is 2.80. The van der Waals surface area contributed by atoms with E-state index in [4.69, 9.17) is 10.2 Å². The van der Waals surface area contributed by atoms with Crippen LogP contribution in [0.25, 0.3) is 0 Å². The molecule has 60 valence electrons. The average Bonchev–Trinajstić information content (AvgIpc) is 1.60. The van der Waals surface area contributed by atoms with Crippen LogP contribution in [0.4, 0.5) is 0 Å². The van der Waals surface area contributed by atoms with Gasteiger partial charge in [-0.05, 0) is 13.8 Å². The van der Waals surface area contributed by atoms with Crippen molar-refractivity contribution in [2.24, 2.45) is 0 Å². The second-order valence-electron chi connectivity index (χ2n) is 2.78. The smallest absolute Gasteiger partial charge is 0.315 e. The van der Waals surface area contributed by atoms with Crippen LogP contribution in [0.5, 0.6) is 0 Å². The zero-order valence-corrected chi connectivity index (χ0v) is 5.94. The van der Waals surface area contributed by atoms with Crippen LogP contribution in [-0.4, -0.2) is 27.0 Å². The summed E-state index contributed by atoms with van der Waals surface area (Å²) >= 11 is 0. The monoisotopic (exact) mass is 149 g/mol. The molecule has 0 aromatic heterocycles. The third-order valence-electron chi connectivity index (χ3n) is 0.925. The molecule has 0 aliphatic carbocycles. The van der Waals surface area contributed by atoms with Gasteiger partial charge in [0, 0.05) is 0 Å². The fourth-order valence-electron chi connectivity index (χ4n) is 0.521. The fraction of sp³-hybridized carbons (Fsp3) is 1.00. The standard InChI is InChI=1S/C5H11NO4/c1-5(2,8)3-4(7)6(9)10/h4,7-8H,3H2,1-2H3. The van der Waals surface area contributed by atoms with Crippen LogP contribution in [-0.2, 0) is 0 Å². The third-order valence-corrected chi connectivity index (χ3v) is 0.925. The highest BCUT2D eigenvalue weighted by atomic mass is 16.7. The summed E-state index contributed by atoms with van der Waals surface area (Å²) in [4.78, 5) is 8.99. The summed E-state index contributed by atoms with van der Waals surface area (Å²) in [5, 5.41) is 27.4. The van der Waals surface area contributed by atoms with Crippen molar-refractivity contribution in [3.63, 3.8) is 0 Å². The molecule has 0 fully saturated rings. The molecule has 0 heterocycles. The maximum atomic E-state index is 9.82. The topological polar surface area (TPSA) is 83.6 Å². The number of nitro groups is 1. The Morgan fingerprint density at radius 3 is 2.20 bits per heavy atom.